The van der Waals surface area contributed by atoms with Crippen LogP contribution < -0.4 is 14.4 Å². The van der Waals surface area contributed by atoms with Gasteiger partial charge in [0.15, 0.2) is 0 Å². The summed E-state index contributed by atoms with van der Waals surface area (Å²) in [6, 6.07) is 21.0. The summed E-state index contributed by atoms with van der Waals surface area (Å²) in [4.78, 5) is 28.5. The van der Waals surface area contributed by atoms with Crippen LogP contribution in [-0.4, -0.2) is 30.0 Å². The van der Waals surface area contributed by atoms with Gasteiger partial charge in [0, 0.05) is 22.9 Å². The maximum absolute atomic E-state index is 13.5. The van der Waals surface area contributed by atoms with E-state index < -0.39 is 17.7 Å². The van der Waals surface area contributed by atoms with Gasteiger partial charge in [-0.05, 0) is 54.7 Å². The number of hydrogen-bond donors (Lipinski definition) is 1. The van der Waals surface area contributed by atoms with Gasteiger partial charge in [0.2, 0.25) is 0 Å². The predicted molar refractivity (Wildman–Crippen MR) is 150 cm³/mol. The van der Waals surface area contributed by atoms with Crippen LogP contribution in [0.25, 0.3) is 5.76 Å². The van der Waals surface area contributed by atoms with E-state index in [1.54, 1.807) is 30.3 Å². The van der Waals surface area contributed by atoms with Crippen molar-refractivity contribution in [2.75, 3.05) is 18.1 Å². The minimum Gasteiger partial charge on any atom is -0.507 e. The van der Waals surface area contributed by atoms with Crippen molar-refractivity contribution in [3.8, 4) is 11.5 Å². The van der Waals surface area contributed by atoms with Crippen LogP contribution in [0.2, 0.25) is 0 Å². The SMILES string of the molecule is CCCOc1cccc(N2C(=O)C(=O)/C(=C(\O)c3ccc(OCC)c(C(C)(C)C)c3)C2c2ccccc2)c1. The van der Waals surface area contributed by atoms with Crippen LogP contribution >= 0.6 is 0 Å². The van der Waals surface area contributed by atoms with Crippen molar-refractivity contribution in [2.45, 2.75) is 52.5 Å². The number of benzene rings is 3. The Labute approximate surface area is 224 Å². The molecule has 4 rings (SSSR count). The van der Waals surface area contributed by atoms with Crippen LogP contribution in [0.1, 0.15) is 63.8 Å². The summed E-state index contributed by atoms with van der Waals surface area (Å²) in [5.74, 6) is -0.316. The number of ether oxygens (including phenoxy) is 2. The van der Waals surface area contributed by atoms with Crippen LogP contribution in [0.5, 0.6) is 11.5 Å². The Balaban J connectivity index is 1.90. The number of ketones is 1. The molecule has 1 atom stereocenters. The van der Waals surface area contributed by atoms with E-state index >= 15 is 0 Å². The van der Waals surface area contributed by atoms with Gasteiger partial charge in [-0.1, -0.05) is 64.1 Å². The van der Waals surface area contributed by atoms with E-state index in [1.165, 1.54) is 4.90 Å². The van der Waals surface area contributed by atoms with Crippen LogP contribution in [0.15, 0.2) is 78.4 Å². The third kappa shape index (κ3) is 5.30. The molecule has 1 unspecified atom stereocenters. The van der Waals surface area contributed by atoms with E-state index in [4.69, 9.17) is 9.47 Å². The highest BCUT2D eigenvalue weighted by molar-refractivity contribution is 6.51. The van der Waals surface area contributed by atoms with Crippen LogP contribution in [0.3, 0.4) is 0 Å². The Kier molecular flexibility index (Phi) is 7.91. The summed E-state index contributed by atoms with van der Waals surface area (Å²) in [7, 11) is 0. The van der Waals surface area contributed by atoms with Crippen LogP contribution in [0.4, 0.5) is 5.69 Å². The van der Waals surface area contributed by atoms with E-state index in [9.17, 15) is 14.7 Å². The first-order valence-corrected chi connectivity index (χ1v) is 13.0. The molecule has 0 saturated carbocycles. The molecule has 1 amide bonds. The number of Topliss-reactive ketones (excluding diaryl/α,β-unsaturated/α-hetero) is 1. The molecule has 0 aromatic heterocycles. The lowest BCUT2D eigenvalue weighted by atomic mass is 9.84. The van der Waals surface area contributed by atoms with E-state index in [0.29, 0.717) is 30.2 Å². The lowest BCUT2D eigenvalue weighted by Crippen LogP contribution is -2.29. The minimum atomic E-state index is -0.803. The summed E-state index contributed by atoms with van der Waals surface area (Å²) < 4.78 is 11.6. The van der Waals surface area contributed by atoms with E-state index in [2.05, 4.69) is 20.8 Å². The quantitative estimate of drug-likeness (QED) is 0.204. The number of hydrogen-bond acceptors (Lipinski definition) is 5. The second-order valence-corrected chi connectivity index (χ2v) is 10.3. The highest BCUT2D eigenvalue weighted by Gasteiger charge is 2.47. The molecule has 0 spiro atoms. The third-order valence-corrected chi connectivity index (χ3v) is 6.49. The molecule has 3 aromatic rings. The molecular weight excluding hydrogens is 478 g/mol. The maximum atomic E-state index is 13.5. The summed E-state index contributed by atoms with van der Waals surface area (Å²) in [5.41, 5.74) is 2.37. The molecule has 0 radical (unpaired) electrons. The Morgan fingerprint density at radius 3 is 2.32 bits per heavy atom. The number of amides is 1. The van der Waals surface area contributed by atoms with E-state index in [-0.39, 0.29) is 16.7 Å². The first-order valence-electron chi connectivity index (χ1n) is 13.0. The Morgan fingerprint density at radius 2 is 1.66 bits per heavy atom. The normalized spacial score (nSPS) is 17.1. The Bertz CT molecular complexity index is 1350. The van der Waals surface area contributed by atoms with Crippen molar-refractivity contribution in [1.29, 1.82) is 0 Å². The zero-order valence-corrected chi connectivity index (χ0v) is 22.7. The first-order chi connectivity index (χ1) is 18.2. The fourth-order valence-corrected chi connectivity index (χ4v) is 4.69. The number of carbonyl (C=O) groups is 2. The zero-order valence-electron chi connectivity index (χ0n) is 22.7. The lowest BCUT2D eigenvalue weighted by Gasteiger charge is -2.26. The number of nitrogens with zero attached hydrogens (tertiary/aromatic N) is 1. The summed E-state index contributed by atoms with van der Waals surface area (Å²) in [6.07, 6.45) is 0.845. The van der Waals surface area contributed by atoms with Gasteiger partial charge in [-0.15, -0.1) is 0 Å². The maximum Gasteiger partial charge on any atom is 0.300 e. The molecule has 0 aliphatic carbocycles. The van der Waals surface area contributed by atoms with E-state index in [1.807, 2.05) is 56.3 Å². The number of aliphatic hydroxyl groups is 1. The zero-order chi connectivity index (χ0) is 27.4. The standard InChI is InChI=1S/C32H35NO5/c1-6-18-38-24-15-11-14-23(20-24)33-28(21-12-9-8-10-13-21)27(30(35)31(33)36)29(34)22-16-17-26(37-7-2)25(19-22)32(3,4)5/h8-17,19-20,28,34H,6-7,18H2,1-5H3/b29-27-. The van der Waals surface area contributed by atoms with Crippen molar-refractivity contribution in [3.63, 3.8) is 0 Å². The summed E-state index contributed by atoms with van der Waals surface area (Å²) >= 11 is 0. The van der Waals surface area contributed by atoms with Gasteiger partial charge in [-0.2, -0.15) is 0 Å². The number of rotatable bonds is 8. The largest absolute Gasteiger partial charge is 0.507 e. The van der Waals surface area contributed by atoms with Gasteiger partial charge in [-0.3, -0.25) is 14.5 Å². The van der Waals surface area contributed by atoms with Gasteiger partial charge in [0.25, 0.3) is 11.7 Å². The second kappa shape index (κ2) is 11.1. The molecule has 3 aromatic carbocycles. The first kappa shape index (κ1) is 27.0. The molecule has 1 N–H and O–H groups in total. The van der Waals surface area contributed by atoms with Crippen molar-refractivity contribution < 1.29 is 24.2 Å². The van der Waals surface area contributed by atoms with Gasteiger partial charge < -0.3 is 14.6 Å². The lowest BCUT2D eigenvalue weighted by molar-refractivity contribution is -0.132. The minimum absolute atomic E-state index is 0.0464. The van der Waals surface area contributed by atoms with Gasteiger partial charge >= 0.3 is 0 Å². The number of anilines is 1. The molecule has 0 bridgehead atoms. The van der Waals surface area contributed by atoms with Crippen molar-refractivity contribution in [3.05, 3.63) is 95.1 Å². The molecule has 1 aliphatic rings. The fraction of sp³-hybridized carbons (Fsp3) is 0.312. The highest BCUT2D eigenvalue weighted by Crippen LogP contribution is 2.43. The molecule has 1 fully saturated rings. The Morgan fingerprint density at radius 1 is 0.921 bits per heavy atom. The fourth-order valence-electron chi connectivity index (χ4n) is 4.69. The molecule has 1 saturated heterocycles. The Hall–Kier alpha value is -4.06. The number of carbonyl (C=O) groups excluding carboxylic acids is 2. The summed E-state index contributed by atoms with van der Waals surface area (Å²) in [5, 5.41) is 11.6. The van der Waals surface area contributed by atoms with Gasteiger partial charge in [0.05, 0.1) is 24.8 Å². The van der Waals surface area contributed by atoms with Gasteiger partial charge in [-0.25, -0.2) is 0 Å². The molecule has 6 nitrogen and oxygen atoms in total. The monoisotopic (exact) mass is 513 g/mol. The van der Waals surface area contributed by atoms with Crippen LogP contribution in [-0.2, 0) is 15.0 Å². The van der Waals surface area contributed by atoms with Crippen molar-refractivity contribution in [2.24, 2.45) is 0 Å². The van der Waals surface area contributed by atoms with Crippen LogP contribution in [0, 0.1) is 0 Å². The van der Waals surface area contributed by atoms with E-state index in [0.717, 1.165) is 23.3 Å². The molecule has 6 heteroatoms. The molecule has 1 aliphatic heterocycles. The third-order valence-electron chi connectivity index (χ3n) is 6.49. The average molecular weight is 514 g/mol. The van der Waals surface area contributed by atoms with Crippen molar-refractivity contribution in [1.82, 2.24) is 0 Å². The summed E-state index contributed by atoms with van der Waals surface area (Å²) in [6.45, 7) is 11.2. The predicted octanol–water partition coefficient (Wildman–Crippen LogP) is 6.80. The molecule has 38 heavy (non-hydrogen) atoms. The molecule has 1 heterocycles. The van der Waals surface area contributed by atoms with Crippen molar-refractivity contribution >= 4 is 23.1 Å². The second-order valence-electron chi connectivity index (χ2n) is 10.3. The molecular formula is C32H35NO5. The number of aliphatic hydroxyl groups excluding tert-OH is 1. The molecule has 198 valence electrons. The average Bonchev–Trinajstić information content (AvgIpc) is 3.17. The van der Waals surface area contributed by atoms with Gasteiger partial charge in [0.1, 0.15) is 17.3 Å². The topological polar surface area (TPSA) is 76.1 Å². The highest BCUT2D eigenvalue weighted by atomic mass is 16.5. The smallest absolute Gasteiger partial charge is 0.300 e.